The van der Waals surface area contributed by atoms with Crippen LogP contribution < -0.4 is 5.73 Å². The van der Waals surface area contributed by atoms with Gasteiger partial charge in [0.05, 0.1) is 5.02 Å². The number of nitrogens with zero attached hydrogens (tertiary/aromatic N) is 1. The second-order valence-electron chi connectivity index (χ2n) is 5.22. The fourth-order valence-corrected chi connectivity index (χ4v) is 3.17. The van der Waals surface area contributed by atoms with Gasteiger partial charge in [0, 0.05) is 29.4 Å². The van der Waals surface area contributed by atoms with E-state index in [-0.39, 0.29) is 10.9 Å². The molecule has 1 aromatic heterocycles. The minimum Gasteiger partial charge on any atom is -0.323 e. The third-order valence-electron chi connectivity index (χ3n) is 4.01. The number of benzene rings is 1. The molecule has 2 N–H and O–H groups in total. The molecule has 20 heavy (non-hydrogen) atoms. The van der Waals surface area contributed by atoms with E-state index in [1.54, 1.807) is 24.4 Å². The van der Waals surface area contributed by atoms with Gasteiger partial charge in [-0.05, 0) is 37.0 Å². The van der Waals surface area contributed by atoms with Gasteiger partial charge in [0.25, 0.3) is 0 Å². The molecule has 0 amide bonds. The van der Waals surface area contributed by atoms with E-state index >= 15 is 0 Å². The molecule has 0 bridgehead atoms. The SMILES string of the molecule is NC(c1cccc(Cl)c1F)C1CCCc2cccnc21. The van der Waals surface area contributed by atoms with E-state index in [9.17, 15) is 4.39 Å². The molecule has 4 heteroatoms. The van der Waals surface area contributed by atoms with Gasteiger partial charge in [-0.2, -0.15) is 0 Å². The van der Waals surface area contributed by atoms with Crippen LogP contribution in [0.25, 0.3) is 0 Å². The van der Waals surface area contributed by atoms with E-state index in [1.807, 2.05) is 6.07 Å². The average molecular weight is 291 g/mol. The van der Waals surface area contributed by atoms with Crippen molar-refractivity contribution in [3.8, 4) is 0 Å². The second-order valence-corrected chi connectivity index (χ2v) is 5.62. The Morgan fingerprint density at radius 1 is 1.30 bits per heavy atom. The van der Waals surface area contributed by atoms with Gasteiger partial charge in [-0.25, -0.2) is 4.39 Å². The number of hydrogen-bond acceptors (Lipinski definition) is 2. The molecule has 2 nitrogen and oxygen atoms in total. The highest BCUT2D eigenvalue weighted by Crippen LogP contribution is 2.39. The minimum atomic E-state index is -0.414. The molecule has 0 saturated heterocycles. The molecular weight excluding hydrogens is 275 g/mol. The highest BCUT2D eigenvalue weighted by atomic mass is 35.5. The first-order valence-corrected chi connectivity index (χ1v) is 7.19. The highest BCUT2D eigenvalue weighted by Gasteiger charge is 2.29. The Hall–Kier alpha value is -1.45. The van der Waals surface area contributed by atoms with Crippen molar-refractivity contribution in [2.45, 2.75) is 31.2 Å². The lowest BCUT2D eigenvalue weighted by Gasteiger charge is -2.29. The van der Waals surface area contributed by atoms with Crippen molar-refractivity contribution in [1.29, 1.82) is 0 Å². The fraction of sp³-hybridized carbons (Fsp3) is 0.312. The quantitative estimate of drug-likeness (QED) is 0.908. The van der Waals surface area contributed by atoms with Gasteiger partial charge in [0.15, 0.2) is 0 Å². The van der Waals surface area contributed by atoms with E-state index in [0.717, 1.165) is 25.0 Å². The Kier molecular flexibility index (Phi) is 3.72. The molecule has 2 aromatic rings. The fourth-order valence-electron chi connectivity index (χ4n) is 2.99. The summed E-state index contributed by atoms with van der Waals surface area (Å²) in [5, 5.41) is 0.120. The molecule has 2 atom stereocenters. The van der Waals surface area contributed by atoms with Crippen molar-refractivity contribution < 1.29 is 4.39 Å². The maximum absolute atomic E-state index is 14.2. The first-order chi connectivity index (χ1) is 9.68. The highest BCUT2D eigenvalue weighted by molar-refractivity contribution is 6.30. The van der Waals surface area contributed by atoms with Gasteiger partial charge in [0.2, 0.25) is 0 Å². The van der Waals surface area contributed by atoms with E-state index in [1.165, 1.54) is 5.56 Å². The number of pyridine rings is 1. The van der Waals surface area contributed by atoms with Crippen LogP contribution in [0.15, 0.2) is 36.5 Å². The maximum atomic E-state index is 14.2. The van der Waals surface area contributed by atoms with E-state index < -0.39 is 11.9 Å². The second kappa shape index (κ2) is 5.51. The molecule has 0 radical (unpaired) electrons. The minimum absolute atomic E-state index is 0.0490. The van der Waals surface area contributed by atoms with Crippen molar-refractivity contribution >= 4 is 11.6 Å². The van der Waals surface area contributed by atoms with Crippen LogP contribution in [-0.2, 0) is 6.42 Å². The lowest BCUT2D eigenvalue weighted by Crippen LogP contribution is -2.25. The Balaban J connectivity index is 2.00. The van der Waals surface area contributed by atoms with Crippen molar-refractivity contribution in [3.63, 3.8) is 0 Å². The van der Waals surface area contributed by atoms with Gasteiger partial charge in [0.1, 0.15) is 5.82 Å². The predicted octanol–water partition coefficient (Wildman–Crippen LogP) is 3.99. The van der Waals surface area contributed by atoms with Crippen LogP contribution in [0.2, 0.25) is 5.02 Å². The predicted molar refractivity (Wildman–Crippen MR) is 78.3 cm³/mol. The maximum Gasteiger partial charge on any atom is 0.146 e. The molecule has 104 valence electrons. The van der Waals surface area contributed by atoms with Crippen molar-refractivity contribution in [2.75, 3.05) is 0 Å². The van der Waals surface area contributed by atoms with Gasteiger partial charge in [-0.3, -0.25) is 4.98 Å². The Labute approximate surface area is 122 Å². The van der Waals surface area contributed by atoms with Gasteiger partial charge in [-0.15, -0.1) is 0 Å². The number of rotatable bonds is 2. The summed E-state index contributed by atoms with van der Waals surface area (Å²) in [5.41, 5.74) is 9.02. The topological polar surface area (TPSA) is 38.9 Å². The monoisotopic (exact) mass is 290 g/mol. The van der Waals surface area contributed by atoms with Crippen LogP contribution in [0.3, 0.4) is 0 Å². The number of aromatic nitrogens is 1. The largest absolute Gasteiger partial charge is 0.323 e. The summed E-state index contributed by atoms with van der Waals surface area (Å²) in [6.07, 6.45) is 4.78. The zero-order chi connectivity index (χ0) is 14.1. The third kappa shape index (κ3) is 2.32. The van der Waals surface area contributed by atoms with E-state index in [0.29, 0.717) is 5.56 Å². The van der Waals surface area contributed by atoms with Gasteiger partial charge in [-0.1, -0.05) is 29.8 Å². The number of aryl methyl sites for hydroxylation is 1. The molecule has 2 unspecified atom stereocenters. The van der Waals surface area contributed by atoms with E-state index in [4.69, 9.17) is 17.3 Å². The summed E-state index contributed by atoms with van der Waals surface area (Å²) in [6.45, 7) is 0. The Morgan fingerprint density at radius 2 is 2.15 bits per heavy atom. The zero-order valence-electron chi connectivity index (χ0n) is 11.0. The van der Waals surface area contributed by atoms with Crippen LogP contribution in [-0.4, -0.2) is 4.98 Å². The van der Waals surface area contributed by atoms with Gasteiger partial charge < -0.3 is 5.73 Å². The summed E-state index contributed by atoms with van der Waals surface area (Å²) < 4.78 is 14.2. The average Bonchev–Trinajstić information content (AvgIpc) is 2.49. The summed E-state index contributed by atoms with van der Waals surface area (Å²) in [5.74, 6) is -0.363. The molecule has 1 aliphatic rings. The molecule has 0 aliphatic heterocycles. The standard InChI is InChI=1S/C16H16ClFN2/c17-13-8-2-6-11(14(13)18)15(19)12-7-1-4-10-5-3-9-20-16(10)12/h2-3,5-6,8-9,12,15H,1,4,7,19H2. The smallest absolute Gasteiger partial charge is 0.146 e. The van der Waals surface area contributed by atoms with E-state index in [2.05, 4.69) is 11.1 Å². The summed E-state index contributed by atoms with van der Waals surface area (Å²) >= 11 is 5.85. The normalized spacial score (nSPS) is 19.4. The van der Waals surface area contributed by atoms with Crippen molar-refractivity contribution in [1.82, 2.24) is 4.98 Å². The Bertz CT molecular complexity index is 630. The Morgan fingerprint density at radius 3 is 3.00 bits per heavy atom. The first-order valence-electron chi connectivity index (χ1n) is 6.81. The zero-order valence-corrected chi connectivity index (χ0v) is 11.8. The van der Waals surface area contributed by atoms with Crippen LogP contribution in [0.4, 0.5) is 4.39 Å². The molecule has 1 aromatic carbocycles. The molecule has 1 aliphatic carbocycles. The summed E-state index contributed by atoms with van der Waals surface area (Å²) in [6, 6.07) is 8.59. The van der Waals surface area contributed by atoms with Crippen LogP contribution in [0.5, 0.6) is 0 Å². The molecule has 0 spiro atoms. The molecule has 0 fully saturated rings. The lowest BCUT2D eigenvalue weighted by molar-refractivity contribution is 0.448. The molecular formula is C16H16ClFN2. The van der Waals surface area contributed by atoms with Crippen LogP contribution in [0, 0.1) is 5.82 Å². The summed E-state index contributed by atoms with van der Waals surface area (Å²) in [7, 11) is 0. The van der Waals surface area contributed by atoms with Crippen LogP contribution in [0.1, 0.15) is 41.6 Å². The molecule has 3 rings (SSSR count). The van der Waals surface area contributed by atoms with Crippen molar-refractivity contribution in [3.05, 3.63) is 64.2 Å². The lowest BCUT2D eigenvalue weighted by atomic mass is 9.80. The van der Waals surface area contributed by atoms with Crippen molar-refractivity contribution in [2.24, 2.45) is 5.73 Å². The molecule has 1 heterocycles. The number of nitrogens with two attached hydrogens (primary N) is 1. The molecule has 0 saturated carbocycles. The number of fused-ring (bicyclic) bond motifs is 1. The summed E-state index contributed by atoms with van der Waals surface area (Å²) in [4.78, 5) is 4.46. The first kappa shape index (κ1) is 13.5. The number of hydrogen-bond donors (Lipinski definition) is 1. The third-order valence-corrected chi connectivity index (χ3v) is 4.30. The van der Waals surface area contributed by atoms with Crippen LogP contribution >= 0.6 is 11.6 Å². The van der Waals surface area contributed by atoms with Gasteiger partial charge >= 0.3 is 0 Å². The number of halogens is 2.